The third-order valence-electron chi connectivity index (χ3n) is 4.05. The number of likely N-dealkylation sites (N-methyl/N-ethyl adjacent to an activating group) is 1. The first-order valence-electron chi connectivity index (χ1n) is 7.68. The van der Waals surface area contributed by atoms with E-state index in [-0.39, 0.29) is 11.8 Å². The Morgan fingerprint density at radius 1 is 1.14 bits per heavy atom. The Morgan fingerprint density at radius 3 is 2.32 bits per heavy atom. The highest BCUT2D eigenvalue weighted by atomic mass is 16.2. The van der Waals surface area contributed by atoms with E-state index in [1.54, 1.807) is 11.9 Å². The molecule has 0 heterocycles. The van der Waals surface area contributed by atoms with Crippen LogP contribution in [0.4, 0.5) is 0 Å². The average Bonchev–Trinajstić information content (AvgIpc) is 3.28. The first-order valence-corrected chi connectivity index (χ1v) is 7.68. The summed E-state index contributed by atoms with van der Waals surface area (Å²) in [5.41, 5.74) is 0.248. The average molecular weight is 303 g/mol. The molecule has 1 aromatic carbocycles. The molecule has 22 heavy (non-hydrogen) atoms. The van der Waals surface area contributed by atoms with Crippen LogP contribution in [0.2, 0.25) is 0 Å². The van der Waals surface area contributed by atoms with Gasteiger partial charge in [-0.25, -0.2) is 0 Å². The van der Waals surface area contributed by atoms with Crippen molar-refractivity contribution >= 4 is 11.8 Å². The SMILES string of the molecule is CN(C)CCNC(=O)C1(C(=O)N(C)Cc2ccccc2)CC1. The van der Waals surface area contributed by atoms with Crippen LogP contribution >= 0.6 is 0 Å². The lowest BCUT2D eigenvalue weighted by Crippen LogP contribution is -2.45. The van der Waals surface area contributed by atoms with Crippen molar-refractivity contribution in [3.05, 3.63) is 35.9 Å². The Balaban J connectivity index is 1.91. The highest BCUT2D eigenvalue weighted by Crippen LogP contribution is 2.47. The Bertz CT molecular complexity index is 524. The van der Waals surface area contributed by atoms with Crippen molar-refractivity contribution in [2.75, 3.05) is 34.2 Å². The number of hydrogen-bond donors (Lipinski definition) is 1. The molecule has 120 valence electrons. The van der Waals surface area contributed by atoms with Crippen molar-refractivity contribution in [1.29, 1.82) is 0 Å². The maximum Gasteiger partial charge on any atom is 0.238 e. The van der Waals surface area contributed by atoms with Gasteiger partial charge in [-0.3, -0.25) is 9.59 Å². The van der Waals surface area contributed by atoms with Gasteiger partial charge in [-0.05, 0) is 32.5 Å². The normalized spacial score (nSPS) is 15.5. The van der Waals surface area contributed by atoms with E-state index in [0.29, 0.717) is 25.9 Å². The minimum Gasteiger partial charge on any atom is -0.354 e. The molecule has 5 nitrogen and oxygen atoms in total. The molecule has 1 aromatic rings. The van der Waals surface area contributed by atoms with Gasteiger partial charge in [-0.1, -0.05) is 30.3 Å². The lowest BCUT2D eigenvalue weighted by molar-refractivity contribution is -0.143. The summed E-state index contributed by atoms with van der Waals surface area (Å²) >= 11 is 0. The van der Waals surface area contributed by atoms with E-state index in [9.17, 15) is 9.59 Å². The van der Waals surface area contributed by atoms with Crippen LogP contribution in [-0.4, -0.2) is 55.8 Å². The number of benzene rings is 1. The molecule has 1 fully saturated rings. The molecule has 0 unspecified atom stereocenters. The maximum absolute atomic E-state index is 12.6. The summed E-state index contributed by atoms with van der Waals surface area (Å²) in [4.78, 5) is 28.6. The van der Waals surface area contributed by atoms with Gasteiger partial charge in [-0.15, -0.1) is 0 Å². The van der Waals surface area contributed by atoms with Crippen molar-refractivity contribution < 1.29 is 9.59 Å². The first kappa shape index (κ1) is 16.5. The van der Waals surface area contributed by atoms with Crippen LogP contribution < -0.4 is 5.32 Å². The zero-order valence-electron chi connectivity index (χ0n) is 13.6. The summed E-state index contributed by atoms with van der Waals surface area (Å²) in [5, 5.41) is 2.89. The summed E-state index contributed by atoms with van der Waals surface area (Å²) in [6.07, 6.45) is 1.30. The highest BCUT2D eigenvalue weighted by Gasteiger charge is 2.57. The number of carbonyl (C=O) groups is 2. The number of rotatable bonds is 7. The number of hydrogen-bond acceptors (Lipinski definition) is 3. The van der Waals surface area contributed by atoms with Gasteiger partial charge >= 0.3 is 0 Å². The van der Waals surface area contributed by atoms with E-state index in [4.69, 9.17) is 0 Å². The Labute approximate surface area is 132 Å². The number of nitrogens with one attached hydrogen (secondary N) is 1. The van der Waals surface area contributed by atoms with Gasteiger partial charge in [0.05, 0.1) is 0 Å². The smallest absolute Gasteiger partial charge is 0.238 e. The monoisotopic (exact) mass is 303 g/mol. The van der Waals surface area contributed by atoms with Gasteiger partial charge in [0.25, 0.3) is 0 Å². The van der Waals surface area contributed by atoms with E-state index in [1.165, 1.54) is 0 Å². The van der Waals surface area contributed by atoms with Crippen molar-refractivity contribution in [2.24, 2.45) is 5.41 Å². The summed E-state index contributed by atoms with van der Waals surface area (Å²) < 4.78 is 0. The van der Waals surface area contributed by atoms with E-state index in [2.05, 4.69) is 5.32 Å². The molecule has 0 atom stereocenters. The summed E-state index contributed by atoms with van der Waals surface area (Å²) in [7, 11) is 5.68. The van der Waals surface area contributed by atoms with Gasteiger partial charge < -0.3 is 15.1 Å². The lowest BCUT2D eigenvalue weighted by Gasteiger charge is -2.23. The standard InChI is InChI=1S/C17H25N3O2/c1-19(2)12-11-18-15(21)17(9-10-17)16(22)20(3)13-14-7-5-4-6-8-14/h4-8H,9-13H2,1-3H3,(H,18,21). The maximum atomic E-state index is 12.6. The molecule has 1 saturated carbocycles. The van der Waals surface area contributed by atoms with Crippen LogP contribution in [0.5, 0.6) is 0 Å². The summed E-state index contributed by atoms with van der Waals surface area (Å²) in [6.45, 7) is 1.88. The molecule has 1 aliphatic rings. The number of amides is 2. The Kier molecular flexibility index (Phi) is 5.19. The van der Waals surface area contributed by atoms with Crippen LogP contribution in [0.25, 0.3) is 0 Å². The van der Waals surface area contributed by atoms with Crippen molar-refractivity contribution in [1.82, 2.24) is 15.1 Å². The molecule has 0 spiro atoms. The largest absolute Gasteiger partial charge is 0.354 e. The van der Waals surface area contributed by atoms with E-state index >= 15 is 0 Å². The molecule has 1 N–H and O–H groups in total. The van der Waals surface area contributed by atoms with Crippen molar-refractivity contribution in [2.45, 2.75) is 19.4 Å². The zero-order chi connectivity index (χ0) is 16.2. The molecule has 2 rings (SSSR count). The second kappa shape index (κ2) is 6.92. The third kappa shape index (κ3) is 3.85. The lowest BCUT2D eigenvalue weighted by atomic mass is 10.0. The second-order valence-corrected chi connectivity index (χ2v) is 6.29. The fourth-order valence-corrected chi connectivity index (χ4v) is 2.52. The van der Waals surface area contributed by atoms with Crippen LogP contribution in [-0.2, 0) is 16.1 Å². The van der Waals surface area contributed by atoms with Gasteiger partial charge in [-0.2, -0.15) is 0 Å². The minimum absolute atomic E-state index is 0.0706. The second-order valence-electron chi connectivity index (χ2n) is 6.29. The molecular weight excluding hydrogens is 278 g/mol. The zero-order valence-corrected chi connectivity index (χ0v) is 13.6. The topological polar surface area (TPSA) is 52.7 Å². The predicted octanol–water partition coefficient (Wildman–Crippen LogP) is 1.10. The molecule has 1 aliphatic carbocycles. The molecule has 0 saturated heterocycles. The molecule has 2 amide bonds. The van der Waals surface area contributed by atoms with Gasteiger partial charge in [0.15, 0.2) is 0 Å². The van der Waals surface area contributed by atoms with Crippen LogP contribution in [0.15, 0.2) is 30.3 Å². The molecule has 0 bridgehead atoms. The molecular formula is C17H25N3O2. The fraction of sp³-hybridized carbons (Fsp3) is 0.529. The molecule has 0 aromatic heterocycles. The molecule has 0 aliphatic heterocycles. The van der Waals surface area contributed by atoms with E-state index in [0.717, 1.165) is 12.1 Å². The predicted molar refractivity (Wildman–Crippen MR) is 86.1 cm³/mol. The molecule has 0 radical (unpaired) electrons. The van der Waals surface area contributed by atoms with Gasteiger partial charge in [0.2, 0.25) is 11.8 Å². The van der Waals surface area contributed by atoms with Gasteiger partial charge in [0.1, 0.15) is 5.41 Å². The quantitative estimate of drug-likeness (QED) is 0.768. The van der Waals surface area contributed by atoms with Crippen molar-refractivity contribution in [3.63, 3.8) is 0 Å². The number of nitrogens with zero attached hydrogens (tertiary/aromatic N) is 2. The minimum atomic E-state index is -0.824. The van der Waals surface area contributed by atoms with E-state index in [1.807, 2.05) is 49.3 Å². The number of carbonyl (C=O) groups excluding carboxylic acids is 2. The summed E-state index contributed by atoms with van der Waals surface area (Å²) in [6, 6.07) is 9.83. The summed E-state index contributed by atoms with van der Waals surface area (Å²) in [5.74, 6) is -0.196. The van der Waals surface area contributed by atoms with Crippen LogP contribution in [0, 0.1) is 5.41 Å². The van der Waals surface area contributed by atoms with Gasteiger partial charge in [0, 0.05) is 26.7 Å². The Hall–Kier alpha value is -1.88. The van der Waals surface area contributed by atoms with Crippen molar-refractivity contribution in [3.8, 4) is 0 Å². The van der Waals surface area contributed by atoms with Crippen LogP contribution in [0.3, 0.4) is 0 Å². The van der Waals surface area contributed by atoms with E-state index < -0.39 is 5.41 Å². The molecule has 5 heteroatoms. The van der Waals surface area contributed by atoms with Crippen LogP contribution in [0.1, 0.15) is 18.4 Å². The Morgan fingerprint density at radius 2 is 1.77 bits per heavy atom. The highest BCUT2D eigenvalue weighted by molar-refractivity contribution is 6.07. The third-order valence-corrected chi connectivity index (χ3v) is 4.05. The fourth-order valence-electron chi connectivity index (χ4n) is 2.52. The first-order chi connectivity index (χ1) is 10.5.